The summed E-state index contributed by atoms with van der Waals surface area (Å²) in [5, 5.41) is 0. The molecule has 0 radical (unpaired) electrons. The van der Waals surface area contributed by atoms with Crippen molar-refractivity contribution in [2.24, 2.45) is 11.3 Å². The van der Waals surface area contributed by atoms with Gasteiger partial charge in [0.25, 0.3) is 0 Å². The Bertz CT molecular complexity index is 313. The van der Waals surface area contributed by atoms with E-state index in [1.165, 1.54) is 36.8 Å². The van der Waals surface area contributed by atoms with Crippen molar-refractivity contribution in [3.63, 3.8) is 0 Å². The number of hydrogen-bond donors (Lipinski definition) is 0. The molecule has 1 atom stereocenters. The summed E-state index contributed by atoms with van der Waals surface area (Å²) < 4.78 is 0. The summed E-state index contributed by atoms with van der Waals surface area (Å²) in [5.41, 5.74) is 3.34. The first-order valence-corrected chi connectivity index (χ1v) is 6.98. The molecule has 0 aromatic heterocycles. The van der Waals surface area contributed by atoms with Crippen molar-refractivity contribution in [3.8, 4) is 0 Å². The Labute approximate surface area is 107 Å². The molecule has 1 unspecified atom stereocenters. The molecule has 17 heavy (non-hydrogen) atoms. The molecule has 0 aliphatic rings. The van der Waals surface area contributed by atoms with Gasteiger partial charge in [0, 0.05) is 0 Å². The highest BCUT2D eigenvalue weighted by Crippen LogP contribution is 2.21. The first kappa shape index (κ1) is 14.3. The molecule has 0 spiro atoms. The SMILES string of the molecule is CCC(C)CCc1ccc(CC(C)(C)C)cc1. The van der Waals surface area contributed by atoms with Gasteiger partial charge in [-0.15, -0.1) is 0 Å². The Morgan fingerprint density at radius 1 is 1.00 bits per heavy atom. The standard InChI is InChI=1S/C17H28/c1-6-14(2)7-8-15-9-11-16(12-10-15)13-17(3,4)5/h9-12,14H,6-8,13H2,1-5H3. The van der Waals surface area contributed by atoms with Crippen molar-refractivity contribution >= 4 is 0 Å². The molecular formula is C17H28. The van der Waals surface area contributed by atoms with Crippen LogP contribution < -0.4 is 0 Å². The molecule has 0 fully saturated rings. The number of rotatable bonds is 5. The van der Waals surface area contributed by atoms with Crippen LogP contribution in [-0.4, -0.2) is 0 Å². The van der Waals surface area contributed by atoms with Gasteiger partial charge in [-0.1, -0.05) is 65.3 Å². The van der Waals surface area contributed by atoms with Crippen LogP contribution in [0.25, 0.3) is 0 Å². The fourth-order valence-corrected chi connectivity index (χ4v) is 2.05. The topological polar surface area (TPSA) is 0 Å². The minimum Gasteiger partial charge on any atom is -0.0651 e. The highest BCUT2D eigenvalue weighted by atomic mass is 14.2. The molecular weight excluding hydrogens is 204 g/mol. The third-order valence-electron chi connectivity index (χ3n) is 3.38. The minimum atomic E-state index is 0.387. The third kappa shape index (κ3) is 5.91. The van der Waals surface area contributed by atoms with Crippen molar-refractivity contribution in [2.75, 3.05) is 0 Å². The average Bonchev–Trinajstić information content (AvgIpc) is 2.25. The van der Waals surface area contributed by atoms with Crippen LogP contribution in [0.5, 0.6) is 0 Å². The van der Waals surface area contributed by atoms with Crippen LogP contribution in [0, 0.1) is 11.3 Å². The van der Waals surface area contributed by atoms with Gasteiger partial charge in [0.2, 0.25) is 0 Å². The lowest BCUT2D eigenvalue weighted by atomic mass is 9.87. The second-order valence-electron chi connectivity index (χ2n) is 6.61. The van der Waals surface area contributed by atoms with Crippen LogP contribution in [0.3, 0.4) is 0 Å². The first-order chi connectivity index (χ1) is 7.90. The van der Waals surface area contributed by atoms with Gasteiger partial charge in [-0.05, 0) is 41.7 Å². The predicted molar refractivity (Wildman–Crippen MR) is 77.4 cm³/mol. The van der Waals surface area contributed by atoms with E-state index in [4.69, 9.17) is 0 Å². The van der Waals surface area contributed by atoms with E-state index in [2.05, 4.69) is 58.9 Å². The zero-order chi connectivity index (χ0) is 12.9. The third-order valence-corrected chi connectivity index (χ3v) is 3.38. The van der Waals surface area contributed by atoms with Crippen LogP contribution in [0.15, 0.2) is 24.3 Å². The van der Waals surface area contributed by atoms with Crippen LogP contribution in [0.1, 0.15) is 58.6 Å². The average molecular weight is 232 g/mol. The van der Waals surface area contributed by atoms with Crippen LogP contribution in [-0.2, 0) is 12.8 Å². The maximum Gasteiger partial charge on any atom is -0.0230 e. The molecule has 96 valence electrons. The molecule has 0 heteroatoms. The highest BCUT2D eigenvalue weighted by molar-refractivity contribution is 5.23. The molecule has 0 aliphatic carbocycles. The lowest BCUT2D eigenvalue weighted by Gasteiger charge is -2.18. The molecule has 0 heterocycles. The molecule has 0 aliphatic heterocycles. The van der Waals surface area contributed by atoms with Gasteiger partial charge in [-0.25, -0.2) is 0 Å². The highest BCUT2D eigenvalue weighted by Gasteiger charge is 2.10. The Hall–Kier alpha value is -0.780. The summed E-state index contributed by atoms with van der Waals surface area (Å²) in [4.78, 5) is 0. The predicted octanol–water partition coefficient (Wildman–Crippen LogP) is 5.25. The van der Waals surface area contributed by atoms with Crippen LogP contribution >= 0.6 is 0 Å². The quantitative estimate of drug-likeness (QED) is 0.650. The van der Waals surface area contributed by atoms with Crippen LogP contribution in [0.2, 0.25) is 0 Å². The van der Waals surface area contributed by atoms with E-state index in [-0.39, 0.29) is 0 Å². The molecule has 0 amide bonds. The Morgan fingerprint density at radius 2 is 1.53 bits per heavy atom. The van der Waals surface area contributed by atoms with Crippen molar-refractivity contribution in [3.05, 3.63) is 35.4 Å². The van der Waals surface area contributed by atoms with Gasteiger partial charge in [-0.2, -0.15) is 0 Å². The van der Waals surface area contributed by atoms with E-state index in [0.29, 0.717) is 5.41 Å². The van der Waals surface area contributed by atoms with Gasteiger partial charge in [0.15, 0.2) is 0 Å². The van der Waals surface area contributed by atoms with Gasteiger partial charge in [0.05, 0.1) is 0 Å². The molecule has 0 bridgehead atoms. The van der Waals surface area contributed by atoms with Crippen molar-refractivity contribution < 1.29 is 0 Å². The van der Waals surface area contributed by atoms with Gasteiger partial charge in [0.1, 0.15) is 0 Å². The minimum absolute atomic E-state index is 0.387. The summed E-state index contributed by atoms with van der Waals surface area (Å²) in [6.45, 7) is 11.5. The van der Waals surface area contributed by atoms with E-state index in [0.717, 1.165) is 5.92 Å². The molecule has 0 nitrogen and oxygen atoms in total. The normalized spacial score (nSPS) is 13.7. The Balaban J connectivity index is 2.50. The summed E-state index contributed by atoms with van der Waals surface area (Å²) in [5.74, 6) is 0.851. The summed E-state index contributed by atoms with van der Waals surface area (Å²) in [7, 11) is 0. The fraction of sp³-hybridized carbons (Fsp3) is 0.647. The van der Waals surface area contributed by atoms with E-state index in [1.54, 1.807) is 0 Å². The lowest BCUT2D eigenvalue weighted by Crippen LogP contribution is -2.09. The smallest absolute Gasteiger partial charge is 0.0230 e. The van der Waals surface area contributed by atoms with Crippen molar-refractivity contribution in [1.82, 2.24) is 0 Å². The molecule has 0 saturated carbocycles. The molecule has 0 N–H and O–H groups in total. The summed E-state index contributed by atoms with van der Waals surface area (Å²) >= 11 is 0. The van der Waals surface area contributed by atoms with Crippen LogP contribution in [0.4, 0.5) is 0 Å². The van der Waals surface area contributed by atoms with Crippen molar-refractivity contribution in [2.45, 2.75) is 60.3 Å². The molecule has 1 aromatic carbocycles. The largest absolute Gasteiger partial charge is 0.0651 e. The number of hydrogen-bond acceptors (Lipinski definition) is 0. The van der Waals surface area contributed by atoms with Crippen molar-refractivity contribution in [1.29, 1.82) is 0 Å². The maximum atomic E-state index is 2.34. The van der Waals surface area contributed by atoms with E-state index in [1.807, 2.05) is 0 Å². The van der Waals surface area contributed by atoms with E-state index >= 15 is 0 Å². The Morgan fingerprint density at radius 3 is 2.00 bits per heavy atom. The second-order valence-corrected chi connectivity index (χ2v) is 6.61. The lowest BCUT2D eigenvalue weighted by molar-refractivity contribution is 0.411. The van der Waals surface area contributed by atoms with Gasteiger partial charge < -0.3 is 0 Å². The Kier molecular flexibility index (Phi) is 5.24. The van der Waals surface area contributed by atoms with Gasteiger partial charge in [-0.3, -0.25) is 0 Å². The fourth-order valence-electron chi connectivity index (χ4n) is 2.05. The molecule has 1 rings (SSSR count). The molecule has 1 aromatic rings. The van der Waals surface area contributed by atoms with E-state index < -0.39 is 0 Å². The zero-order valence-corrected chi connectivity index (χ0v) is 12.2. The summed E-state index contributed by atoms with van der Waals surface area (Å²) in [6, 6.07) is 9.22. The van der Waals surface area contributed by atoms with E-state index in [9.17, 15) is 0 Å². The number of benzene rings is 1. The summed E-state index contributed by atoms with van der Waals surface area (Å²) in [6.07, 6.45) is 5.00. The monoisotopic (exact) mass is 232 g/mol. The second kappa shape index (κ2) is 6.23. The number of aryl methyl sites for hydroxylation is 1. The van der Waals surface area contributed by atoms with Gasteiger partial charge >= 0.3 is 0 Å². The maximum absolute atomic E-state index is 2.34. The zero-order valence-electron chi connectivity index (χ0n) is 12.2. The first-order valence-electron chi connectivity index (χ1n) is 6.98. The molecule has 0 saturated heterocycles.